The zero-order valence-corrected chi connectivity index (χ0v) is 11.5. The molecular weight excluding hydrogens is 292 g/mol. The third-order valence-corrected chi connectivity index (χ3v) is 2.85. The predicted octanol–water partition coefficient (Wildman–Crippen LogP) is 0.883. The highest BCUT2D eigenvalue weighted by molar-refractivity contribution is 6.01. The maximum absolute atomic E-state index is 11.1. The fraction of sp³-hybridized carbons (Fsp3) is 0.286. The maximum atomic E-state index is 11.1. The fourth-order valence-corrected chi connectivity index (χ4v) is 1.92. The molecule has 0 heterocycles. The Hall–Kier alpha value is -2.92. The Balaban J connectivity index is 3.02. The summed E-state index contributed by atoms with van der Waals surface area (Å²) in [5.74, 6) is -3.80. The van der Waals surface area contributed by atoms with E-state index in [4.69, 9.17) is 20.6 Å². The Bertz CT molecular complexity index is 635. The Morgan fingerprint density at radius 2 is 1.73 bits per heavy atom. The molecule has 0 aromatic heterocycles. The summed E-state index contributed by atoms with van der Waals surface area (Å²) in [4.78, 5) is 34.3. The standard InChI is InChI=1S/C14H14N2O6/c15-4-1-5-16(8-12(17)18)7-9-2-3-10(13(19)20)11(6-9)14(21)22/h2-3,6H,1,5,7-8H2,(H,17,18)(H,19,20)(H,21,22). The highest BCUT2D eigenvalue weighted by Crippen LogP contribution is 2.14. The van der Waals surface area contributed by atoms with Crippen molar-refractivity contribution in [2.24, 2.45) is 0 Å². The summed E-state index contributed by atoms with van der Waals surface area (Å²) in [5.41, 5.74) is -0.236. The largest absolute Gasteiger partial charge is 0.480 e. The van der Waals surface area contributed by atoms with Gasteiger partial charge in [0.05, 0.1) is 23.7 Å². The molecule has 8 heteroatoms. The molecule has 1 aromatic rings. The van der Waals surface area contributed by atoms with Crippen LogP contribution in [0, 0.1) is 11.3 Å². The van der Waals surface area contributed by atoms with E-state index in [2.05, 4.69) is 0 Å². The highest BCUT2D eigenvalue weighted by Gasteiger charge is 2.17. The van der Waals surface area contributed by atoms with Crippen molar-refractivity contribution in [2.45, 2.75) is 13.0 Å². The molecule has 0 aliphatic heterocycles. The van der Waals surface area contributed by atoms with E-state index in [1.807, 2.05) is 6.07 Å². The van der Waals surface area contributed by atoms with Gasteiger partial charge < -0.3 is 15.3 Å². The lowest BCUT2D eigenvalue weighted by molar-refractivity contribution is -0.138. The normalized spacial score (nSPS) is 10.2. The van der Waals surface area contributed by atoms with Crippen LogP contribution in [0.25, 0.3) is 0 Å². The van der Waals surface area contributed by atoms with Gasteiger partial charge in [-0.2, -0.15) is 5.26 Å². The van der Waals surface area contributed by atoms with Crippen molar-refractivity contribution < 1.29 is 29.7 Å². The molecule has 0 aliphatic rings. The summed E-state index contributed by atoms with van der Waals surface area (Å²) >= 11 is 0. The number of carboxylic acids is 3. The van der Waals surface area contributed by atoms with Gasteiger partial charge in [0.25, 0.3) is 0 Å². The summed E-state index contributed by atoms with van der Waals surface area (Å²) in [6, 6.07) is 5.70. The van der Waals surface area contributed by atoms with Gasteiger partial charge in [0, 0.05) is 19.5 Å². The first-order valence-electron chi connectivity index (χ1n) is 6.25. The molecule has 3 N–H and O–H groups in total. The number of hydrogen-bond acceptors (Lipinski definition) is 5. The molecular formula is C14H14N2O6. The first kappa shape index (κ1) is 17.1. The summed E-state index contributed by atoms with van der Waals surface area (Å²) < 4.78 is 0. The quantitative estimate of drug-likeness (QED) is 0.643. The van der Waals surface area contributed by atoms with Crippen LogP contribution in [0.4, 0.5) is 0 Å². The molecule has 0 spiro atoms. The van der Waals surface area contributed by atoms with Gasteiger partial charge in [0.2, 0.25) is 0 Å². The minimum absolute atomic E-state index is 0.105. The zero-order valence-electron chi connectivity index (χ0n) is 11.5. The van der Waals surface area contributed by atoms with Gasteiger partial charge in [-0.1, -0.05) is 6.07 Å². The number of aromatic carboxylic acids is 2. The molecule has 0 unspecified atom stereocenters. The Labute approximate surface area is 125 Å². The maximum Gasteiger partial charge on any atom is 0.336 e. The Morgan fingerprint density at radius 1 is 1.09 bits per heavy atom. The number of nitrogens with zero attached hydrogens (tertiary/aromatic N) is 2. The van der Waals surface area contributed by atoms with Crippen LogP contribution >= 0.6 is 0 Å². The van der Waals surface area contributed by atoms with Crippen LogP contribution < -0.4 is 0 Å². The number of carboxylic acid groups (broad SMARTS) is 3. The van der Waals surface area contributed by atoms with Gasteiger partial charge in [0.15, 0.2) is 0 Å². The van der Waals surface area contributed by atoms with E-state index < -0.39 is 17.9 Å². The van der Waals surface area contributed by atoms with Crippen molar-refractivity contribution in [3.63, 3.8) is 0 Å². The van der Waals surface area contributed by atoms with Gasteiger partial charge in [-0.15, -0.1) is 0 Å². The third kappa shape index (κ3) is 4.88. The first-order valence-corrected chi connectivity index (χ1v) is 6.25. The van der Waals surface area contributed by atoms with Gasteiger partial charge in [-0.05, 0) is 17.7 Å². The summed E-state index contributed by atoms with van der Waals surface area (Å²) in [6.45, 7) is 0.0187. The van der Waals surface area contributed by atoms with Crippen LogP contribution in [0.15, 0.2) is 18.2 Å². The number of hydrogen-bond donors (Lipinski definition) is 3. The van der Waals surface area contributed by atoms with E-state index in [1.165, 1.54) is 23.1 Å². The van der Waals surface area contributed by atoms with Crippen molar-refractivity contribution in [3.05, 3.63) is 34.9 Å². The monoisotopic (exact) mass is 306 g/mol. The molecule has 0 saturated heterocycles. The second-order valence-electron chi connectivity index (χ2n) is 4.50. The molecule has 0 atom stereocenters. The molecule has 1 rings (SSSR count). The molecule has 0 saturated carbocycles. The number of nitriles is 1. The Morgan fingerprint density at radius 3 is 2.23 bits per heavy atom. The third-order valence-electron chi connectivity index (χ3n) is 2.85. The van der Waals surface area contributed by atoms with E-state index in [0.717, 1.165) is 0 Å². The lowest BCUT2D eigenvalue weighted by atomic mass is 10.0. The number of benzene rings is 1. The predicted molar refractivity (Wildman–Crippen MR) is 73.5 cm³/mol. The van der Waals surface area contributed by atoms with Crippen molar-refractivity contribution >= 4 is 17.9 Å². The number of carbonyl (C=O) groups is 3. The van der Waals surface area contributed by atoms with Crippen LogP contribution in [-0.4, -0.2) is 51.2 Å². The van der Waals surface area contributed by atoms with E-state index in [-0.39, 0.29) is 37.2 Å². The zero-order chi connectivity index (χ0) is 16.7. The van der Waals surface area contributed by atoms with Crippen molar-refractivity contribution in [3.8, 4) is 6.07 Å². The van der Waals surface area contributed by atoms with Crippen LogP contribution in [-0.2, 0) is 11.3 Å². The Kier molecular flexibility index (Phi) is 6.04. The number of aliphatic carboxylic acids is 1. The molecule has 1 aromatic carbocycles. The fourth-order valence-electron chi connectivity index (χ4n) is 1.92. The molecule has 116 valence electrons. The van der Waals surface area contributed by atoms with Gasteiger partial charge >= 0.3 is 17.9 Å². The van der Waals surface area contributed by atoms with Gasteiger partial charge in [0.1, 0.15) is 0 Å². The minimum Gasteiger partial charge on any atom is -0.480 e. The summed E-state index contributed by atoms with van der Waals surface area (Å²) in [6.07, 6.45) is 0.131. The van der Waals surface area contributed by atoms with Crippen LogP contribution in [0.1, 0.15) is 32.7 Å². The van der Waals surface area contributed by atoms with E-state index in [9.17, 15) is 14.4 Å². The molecule has 0 radical (unpaired) electrons. The topological polar surface area (TPSA) is 139 Å². The van der Waals surface area contributed by atoms with E-state index in [1.54, 1.807) is 0 Å². The minimum atomic E-state index is -1.37. The molecule has 0 aliphatic carbocycles. The van der Waals surface area contributed by atoms with Crippen LogP contribution in [0.5, 0.6) is 0 Å². The van der Waals surface area contributed by atoms with Crippen LogP contribution in [0.2, 0.25) is 0 Å². The SMILES string of the molecule is N#CCCN(CC(=O)O)Cc1ccc(C(=O)O)c(C(=O)O)c1. The molecule has 0 bridgehead atoms. The van der Waals surface area contributed by atoms with E-state index in [0.29, 0.717) is 5.56 Å². The second kappa shape index (κ2) is 7.75. The molecule has 0 fully saturated rings. The second-order valence-corrected chi connectivity index (χ2v) is 4.50. The van der Waals surface area contributed by atoms with Crippen LogP contribution in [0.3, 0.4) is 0 Å². The average molecular weight is 306 g/mol. The van der Waals surface area contributed by atoms with Crippen molar-refractivity contribution in [1.82, 2.24) is 4.90 Å². The molecule has 0 amide bonds. The van der Waals surface area contributed by atoms with E-state index >= 15 is 0 Å². The number of rotatable bonds is 8. The highest BCUT2D eigenvalue weighted by atomic mass is 16.4. The van der Waals surface area contributed by atoms with Crippen molar-refractivity contribution in [1.29, 1.82) is 5.26 Å². The lowest BCUT2D eigenvalue weighted by Gasteiger charge is -2.19. The van der Waals surface area contributed by atoms with Gasteiger partial charge in [-0.3, -0.25) is 9.69 Å². The molecule has 8 nitrogen and oxygen atoms in total. The molecule has 22 heavy (non-hydrogen) atoms. The first-order chi connectivity index (χ1) is 10.3. The lowest BCUT2D eigenvalue weighted by Crippen LogP contribution is -2.30. The van der Waals surface area contributed by atoms with Crippen molar-refractivity contribution in [2.75, 3.05) is 13.1 Å². The average Bonchev–Trinajstić information content (AvgIpc) is 2.43. The summed E-state index contributed by atoms with van der Waals surface area (Å²) in [7, 11) is 0. The smallest absolute Gasteiger partial charge is 0.336 e. The van der Waals surface area contributed by atoms with Gasteiger partial charge in [-0.25, -0.2) is 9.59 Å². The summed E-state index contributed by atoms with van der Waals surface area (Å²) in [5, 5.41) is 35.4.